The summed E-state index contributed by atoms with van der Waals surface area (Å²) < 4.78 is 5.23. The minimum Gasteiger partial charge on any atom is -0.497 e. The van der Waals surface area contributed by atoms with Crippen molar-refractivity contribution >= 4 is 17.2 Å². The fourth-order valence-electron chi connectivity index (χ4n) is 4.47. The van der Waals surface area contributed by atoms with Gasteiger partial charge >= 0.3 is 0 Å². The molecular weight excluding hydrogens is 344 g/mol. The van der Waals surface area contributed by atoms with Crippen LogP contribution >= 0.6 is 11.3 Å². The molecular formula is C21H26N2O2S. The van der Waals surface area contributed by atoms with Crippen LogP contribution in [0.3, 0.4) is 0 Å². The van der Waals surface area contributed by atoms with E-state index in [1.165, 1.54) is 24.1 Å². The zero-order valence-corrected chi connectivity index (χ0v) is 16.0. The molecule has 0 spiro atoms. The lowest BCUT2D eigenvalue weighted by atomic mass is 9.81. The summed E-state index contributed by atoms with van der Waals surface area (Å²) in [7, 11) is 1.63. The first-order chi connectivity index (χ1) is 12.7. The standard InChI is InChI=1S/C21H26N2O2S/c1-25-19-8-2-5-15(11-19)21(24)22-16-12-17-6-3-7-18(13-16)23(17)14-20-9-4-10-26-20/h2,4-5,8-11,16-18H,3,6-7,12-14H2,1H3,(H,22,24)/t16?,17-,18+. The van der Waals surface area contributed by atoms with E-state index in [1.807, 2.05) is 35.6 Å². The quantitative estimate of drug-likeness (QED) is 0.862. The van der Waals surface area contributed by atoms with E-state index in [-0.39, 0.29) is 11.9 Å². The second-order valence-corrected chi connectivity index (χ2v) is 8.40. The van der Waals surface area contributed by atoms with Crippen LogP contribution in [-0.2, 0) is 6.54 Å². The van der Waals surface area contributed by atoms with E-state index in [4.69, 9.17) is 4.74 Å². The Labute approximate surface area is 159 Å². The number of fused-ring (bicyclic) bond motifs is 2. The Morgan fingerprint density at radius 3 is 2.73 bits per heavy atom. The Morgan fingerprint density at radius 1 is 1.23 bits per heavy atom. The van der Waals surface area contributed by atoms with Crippen molar-refractivity contribution in [2.24, 2.45) is 0 Å². The van der Waals surface area contributed by atoms with Crippen LogP contribution in [-0.4, -0.2) is 36.0 Å². The summed E-state index contributed by atoms with van der Waals surface area (Å²) in [6.45, 7) is 1.06. The zero-order chi connectivity index (χ0) is 17.9. The van der Waals surface area contributed by atoms with E-state index >= 15 is 0 Å². The molecule has 0 saturated carbocycles. The van der Waals surface area contributed by atoms with E-state index in [1.54, 1.807) is 7.11 Å². The molecule has 138 valence electrons. The molecule has 4 rings (SSSR count). The van der Waals surface area contributed by atoms with Gasteiger partial charge in [-0.2, -0.15) is 0 Å². The Bertz CT molecular complexity index is 732. The fourth-order valence-corrected chi connectivity index (χ4v) is 5.18. The van der Waals surface area contributed by atoms with Gasteiger partial charge in [-0.1, -0.05) is 18.6 Å². The van der Waals surface area contributed by atoms with Crippen molar-refractivity contribution in [3.05, 3.63) is 52.2 Å². The number of nitrogens with zero attached hydrogens (tertiary/aromatic N) is 1. The predicted molar refractivity (Wildman–Crippen MR) is 105 cm³/mol. The number of rotatable bonds is 5. The smallest absolute Gasteiger partial charge is 0.251 e. The Kier molecular flexibility index (Phi) is 5.27. The molecule has 2 aliphatic rings. The number of benzene rings is 1. The number of hydrogen-bond acceptors (Lipinski definition) is 4. The van der Waals surface area contributed by atoms with Crippen molar-refractivity contribution in [1.82, 2.24) is 10.2 Å². The monoisotopic (exact) mass is 370 g/mol. The number of piperidine rings is 2. The number of hydrogen-bond donors (Lipinski definition) is 1. The van der Waals surface area contributed by atoms with Gasteiger partial charge in [0.2, 0.25) is 0 Å². The van der Waals surface area contributed by atoms with Gasteiger partial charge in [-0.25, -0.2) is 0 Å². The molecule has 2 aliphatic heterocycles. The van der Waals surface area contributed by atoms with Crippen molar-refractivity contribution in [2.75, 3.05) is 7.11 Å². The number of methoxy groups -OCH3 is 1. The van der Waals surface area contributed by atoms with Gasteiger partial charge in [0.15, 0.2) is 0 Å². The first kappa shape index (κ1) is 17.6. The second-order valence-electron chi connectivity index (χ2n) is 7.36. The highest BCUT2D eigenvalue weighted by Gasteiger charge is 2.38. The van der Waals surface area contributed by atoms with Gasteiger partial charge in [0, 0.05) is 35.1 Å². The lowest BCUT2D eigenvalue weighted by Crippen LogP contribution is -2.56. The van der Waals surface area contributed by atoms with E-state index in [0.29, 0.717) is 17.6 Å². The van der Waals surface area contributed by atoms with Crippen molar-refractivity contribution in [3.8, 4) is 5.75 Å². The highest BCUT2D eigenvalue weighted by atomic mass is 32.1. The number of thiophene rings is 1. The summed E-state index contributed by atoms with van der Waals surface area (Å²) in [5.41, 5.74) is 0.676. The molecule has 3 heterocycles. The molecule has 5 heteroatoms. The highest BCUT2D eigenvalue weighted by Crippen LogP contribution is 2.35. The maximum Gasteiger partial charge on any atom is 0.251 e. The molecule has 1 amide bonds. The topological polar surface area (TPSA) is 41.6 Å². The summed E-state index contributed by atoms with van der Waals surface area (Å²) in [4.78, 5) is 16.8. The van der Waals surface area contributed by atoms with Crippen LogP contribution in [0.4, 0.5) is 0 Å². The SMILES string of the molecule is COc1cccc(C(=O)NC2C[C@H]3CCC[C@@H](C2)N3Cc2cccs2)c1. The van der Waals surface area contributed by atoms with Crippen molar-refractivity contribution in [3.63, 3.8) is 0 Å². The molecule has 2 aromatic rings. The third-order valence-electron chi connectivity index (χ3n) is 5.71. The molecule has 0 radical (unpaired) electrons. The lowest BCUT2D eigenvalue weighted by molar-refractivity contribution is 0.0184. The maximum absolute atomic E-state index is 12.7. The predicted octanol–water partition coefficient (Wildman–Crippen LogP) is 4.07. The van der Waals surface area contributed by atoms with Gasteiger partial charge in [-0.05, 0) is 55.3 Å². The van der Waals surface area contributed by atoms with Gasteiger partial charge < -0.3 is 10.1 Å². The summed E-state index contributed by atoms with van der Waals surface area (Å²) in [5.74, 6) is 0.735. The Hall–Kier alpha value is -1.85. The van der Waals surface area contributed by atoms with Gasteiger partial charge in [0.25, 0.3) is 5.91 Å². The largest absolute Gasteiger partial charge is 0.497 e. The minimum absolute atomic E-state index is 0.0127. The first-order valence-electron chi connectivity index (χ1n) is 9.46. The van der Waals surface area contributed by atoms with Crippen molar-refractivity contribution in [2.45, 2.75) is 56.8 Å². The summed E-state index contributed by atoms with van der Waals surface area (Å²) in [6, 6.07) is 13.2. The molecule has 0 aliphatic carbocycles. The summed E-state index contributed by atoms with van der Waals surface area (Å²) in [5, 5.41) is 5.43. The molecule has 2 saturated heterocycles. The molecule has 1 N–H and O–H groups in total. The van der Waals surface area contributed by atoms with Crippen LogP contribution in [0.2, 0.25) is 0 Å². The summed E-state index contributed by atoms with van der Waals surface area (Å²) in [6.07, 6.45) is 5.91. The van der Waals surface area contributed by atoms with Crippen LogP contribution in [0.25, 0.3) is 0 Å². The molecule has 26 heavy (non-hydrogen) atoms. The first-order valence-corrected chi connectivity index (χ1v) is 10.3. The maximum atomic E-state index is 12.7. The van der Waals surface area contributed by atoms with Crippen LogP contribution in [0.5, 0.6) is 5.75 Å². The fraction of sp³-hybridized carbons (Fsp3) is 0.476. The zero-order valence-electron chi connectivity index (χ0n) is 15.2. The average molecular weight is 371 g/mol. The highest BCUT2D eigenvalue weighted by molar-refractivity contribution is 7.09. The lowest BCUT2D eigenvalue weighted by Gasteiger charge is -2.49. The van der Waals surface area contributed by atoms with E-state index in [0.717, 1.165) is 25.1 Å². The number of carbonyl (C=O) groups is 1. The minimum atomic E-state index is 0.0127. The van der Waals surface area contributed by atoms with Crippen LogP contribution in [0, 0.1) is 0 Å². The van der Waals surface area contributed by atoms with Crippen LogP contribution in [0.15, 0.2) is 41.8 Å². The number of ether oxygens (including phenoxy) is 1. The van der Waals surface area contributed by atoms with E-state index in [2.05, 4.69) is 27.7 Å². The molecule has 2 bridgehead atoms. The molecule has 4 nitrogen and oxygen atoms in total. The molecule has 1 aromatic carbocycles. The van der Waals surface area contributed by atoms with Gasteiger partial charge in [0.1, 0.15) is 5.75 Å². The van der Waals surface area contributed by atoms with Crippen molar-refractivity contribution < 1.29 is 9.53 Å². The second kappa shape index (κ2) is 7.80. The number of amides is 1. The van der Waals surface area contributed by atoms with E-state index < -0.39 is 0 Å². The third kappa shape index (κ3) is 3.79. The number of nitrogens with one attached hydrogen (secondary N) is 1. The molecule has 1 aromatic heterocycles. The third-order valence-corrected chi connectivity index (χ3v) is 6.57. The average Bonchev–Trinajstić information content (AvgIpc) is 3.15. The molecule has 1 unspecified atom stereocenters. The van der Waals surface area contributed by atoms with Crippen LogP contribution in [0.1, 0.15) is 47.3 Å². The Balaban J connectivity index is 1.41. The number of carbonyl (C=O) groups excluding carboxylic acids is 1. The van der Waals surface area contributed by atoms with Gasteiger partial charge in [0.05, 0.1) is 7.11 Å². The summed E-state index contributed by atoms with van der Waals surface area (Å²) >= 11 is 1.84. The van der Waals surface area contributed by atoms with Gasteiger partial charge in [-0.15, -0.1) is 11.3 Å². The van der Waals surface area contributed by atoms with Crippen LogP contribution < -0.4 is 10.1 Å². The van der Waals surface area contributed by atoms with Gasteiger partial charge in [-0.3, -0.25) is 9.69 Å². The van der Waals surface area contributed by atoms with Crippen molar-refractivity contribution in [1.29, 1.82) is 0 Å². The normalized spacial score (nSPS) is 25.7. The molecule has 3 atom stereocenters. The van der Waals surface area contributed by atoms with E-state index in [9.17, 15) is 4.79 Å². The Morgan fingerprint density at radius 2 is 2.04 bits per heavy atom. The molecule has 2 fully saturated rings.